The lowest BCUT2D eigenvalue weighted by Gasteiger charge is -2.04. The first-order chi connectivity index (χ1) is 6.15. The number of hydrogen-bond acceptors (Lipinski definition) is 3. The fourth-order valence-corrected chi connectivity index (χ4v) is 1.05. The molecular formula is C7H7BClNO3. The lowest BCUT2D eigenvalue weighted by Crippen LogP contribution is -2.29. The van der Waals surface area contributed by atoms with E-state index in [1.807, 2.05) is 0 Å². The van der Waals surface area contributed by atoms with Gasteiger partial charge in [0.25, 0.3) is 0 Å². The summed E-state index contributed by atoms with van der Waals surface area (Å²) in [6.07, 6.45) is 0.467. The summed E-state index contributed by atoms with van der Waals surface area (Å²) in [6.45, 7) is 0. The van der Waals surface area contributed by atoms with Crippen molar-refractivity contribution in [3.8, 4) is 0 Å². The average Bonchev–Trinajstić information content (AvgIpc) is 2.08. The highest BCUT2D eigenvalue weighted by Gasteiger charge is 2.12. The van der Waals surface area contributed by atoms with Crippen LogP contribution in [-0.4, -0.2) is 23.6 Å². The SMILES string of the molecule is O=CNc1cc(B(O)O)ccc1Cl. The van der Waals surface area contributed by atoms with Crippen LogP contribution in [0.4, 0.5) is 5.69 Å². The Balaban J connectivity index is 3.03. The first-order valence-electron chi connectivity index (χ1n) is 3.51. The molecule has 1 amide bonds. The van der Waals surface area contributed by atoms with Crippen LogP contribution in [0.5, 0.6) is 0 Å². The first kappa shape index (κ1) is 10.0. The van der Waals surface area contributed by atoms with Gasteiger partial charge < -0.3 is 15.4 Å². The number of amides is 1. The van der Waals surface area contributed by atoms with Crippen LogP contribution in [-0.2, 0) is 4.79 Å². The van der Waals surface area contributed by atoms with Gasteiger partial charge in [-0.2, -0.15) is 0 Å². The summed E-state index contributed by atoms with van der Waals surface area (Å²) in [7, 11) is -1.57. The average molecular weight is 199 g/mol. The molecule has 0 aliphatic heterocycles. The van der Waals surface area contributed by atoms with E-state index in [1.54, 1.807) is 0 Å². The zero-order valence-electron chi connectivity index (χ0n) is 6.57. The molecule has 1 aromatic carbocycles. The quantitative estimate of drug-likeness (QED) is 0.458. The third kappa shape index (κ3) is 2.45. The molecule has 4 nitrogen and oxygen atoms in total. The van der Waals surface area contributed by atoms with Gasteiger partial charge in [0.2, 0.25) is 6.41 Å². The van der Waals surface area contributed by atoms with Crippen molar-refractivity contribution < 1.29 is 14.8 Å². The molecule has 1 rings (SSSR count). The van der Waals surface area contributed by atoms with E-state index in [4.69, 9.17) is 21.6 Å². The Kier molecular flexibility index (Phi) is 3.30. The van der Waals surface area contributed by atoms with Crippen LogP contribution in [0, 0.1) is 0 Å². The molecule has 3 N–H and O–H groups in total. The predicted molar refractivity (Wildman–Crippen MR) is 51.0 cm³/mol. The molecule has 0 bridgehead atoms. The topological polar surface area (TPSA) is 69.6 Å². The highest BCUT2D eigenvalue weighted by molar-refractivity contribution is 6.58. The van der Waals surface area contributed by atoms with Crippen LogP contribution in [0.3, 0.4) is 0 Å². The van der Waals surface area contributed by atoms with E-state index in [1.165, 1.54) is 18.2 Å². The van der Waals surface area contributed by atoms with Gasteiger partial charge in [-0.1, -0.05) is 17.7 Å². The summed E-state index contributed by atoms with van der Waals surface area (Å²) in [5.74, 6) is 0. The number of carbonyl (C=O) groups excluding carboxylic acids is 1. The maximum absolute atomic E-state index is 10.1. The van der Waals surface area contributed by atoms with Crippen LogP contribution >= 0.6 is 11.6 Å². The van der Waals surface area contributed by atoms with Crippen LogP contribution in [0.1, 0.15) is 0 Å². The number of rotatable bonds is 3. The second-order valence-corrected chi connectivity index (χ2v) is 2.78. The molecule has 0 spiro atoms. The summed E-state index contributed by atoms with van der Waals surface area (Å²) in [5, 5.41) is 20.3. The van der Waals surface area contributed by atoms with Crippen molar-refractivity contribution in [2.45, 2.75) is 0 Å². The van der Waals surface area contributed by atoms with Crippen molar-refractivity contribution in [1.82, 2.24) is 0 Å². The third-order valence-electron chi connectivity index (χ3n) is 1.50. The van der Waals surface area contributed by atoms with Crippen molar-refractivity contribution in [2.75, 3.05) is 5.32 Å². The second-order valence-electron chi connectivity index (χ2n) is 2.38. The zero-order chi connectivity index (χ0) is 9.84. The molecule has 0 atom stereocenters. The van der Waals surface area contributed by atoms with Gasteiger partial charge in [-0.3, -0.25) is 4.79 Å². The standard InChI is InChI=1S/C7H7BClNO3/c9-6-2-1-5(8(12)13)3-7(6)10-4-11/h1-4,12-13H,(H,10,11). The van der Waals surface area contributed by atoms with Gasteiger partial charge in [-0.25, -0.2) is 0 Å². The van der Waals surface area contributed by atoms with Crippen LogP contribution in [0.25, 0.3) is 0 Å². The lowest BCUT2D eigenvalue weighted by molar-refractivity contribution is -0.105. The Labute approximate surface area is 80.3 Å². The van der Waals surface area contributed by atoms with Gasteiger partial charge in [-0.05, 0) is 17.6 Å². The number of hydrogen-bond donors (Lipinski definition) is 3. The number of benzene rings is 1. The van der Waals surface area contributed by atoms with Crippen molar-refractivity contribution in [3.05, 3.63) is 23.2 Å². The minimum atomic E-state index is -1.57. The molecule has 0 unspecified atom stereocenters. The maximum atomic E-state index is 10.1. The van der Waals surface area contributed by atoms with Gasteiger partial charge in [0, 0.05) is 0 Å². The van der Waals surface area contributed by atoms with E-state index < -0.39 is 7.12 Å². The first-order valence-corrected chi connectivity index (χ1v) is 3.88. The Bertz CT molecular complexity index is 319. The van der Waals surface area contributed by atoms with Crippen LogP contribution < -0.4 is 10.8 Å². The fourth-order valence-electron chi connectivity index (χ4n) is 0.878. The Morgan fingerprint density at radius 2 is 2.15 bits per heavy atom. The van der Waals surface area contributed by atoms with Crippen molar-refractivity contribution in [1.29, 1.82) is 0 Å². The molecule has 0 aromatic heterocycles. The van der Waals surface area contributed by atoms with Crippen molar-refractivity contribution in [3.63, 3.8) is 0 Å². The van der Waals surface area contributed by atoms with Crippen molar-refractivity contribution >= 4 is 36.3 Å². The minimum absolute atomic E-state index is 0.272. The fraction of sp³-hybridized carbons (Fsp3) is 0. The van der Waals surface area contributed by atoms with Crippen LogP contribution in [0.15, 0.2) is 18.2 Å². The Hall–Kier alpha value is -1.04. The molecule has 68 valence electrons. The molecule has 0 saturated heterocycles. The molecule has 0 fully saturated rings. The second kappa shape index (κ2) is 4.27. The Morgan fingerprint density at radius 3 is 2.69 bits per heavy atom. The number of carbonyl (C=O) groups is 1. The largest absolute Gasteiger partial charge is 0.488 e. The van der Waals surface area contributed by atoms with Gasteiger partial charge >= 0.3 is 7.12 Å². The molecule has 13 heavy (non-hydrogen) atoms. The lowest BCUT2D eigenvalue weighted by atomic mass is 9.80. The molecule has 0 saturated carbocycles. The monoisotopic (exact) mass is 199 g/mol. The number of nitrogens with one attached hydrogen (secondary N) is 1. The summed E-state index contributed by atoms with van der Waals surface area (Å²) < 4.78 is 0. The van der Waals surface area contributed by atoms with E-state index in [-0.39, 0.29) is 5.46 Å². The summed E-state index contributed by atoms with van der Waals surface area (Å²) in [5.41, 5.74) is 0.621. The normalized spacial score (nSPS) is 9.46. The predicted octanol–water partition coefficient (Wildman–Crippen LogP) is -0.412. The van der Waals surface area contributed by atoms with E-state index in [0.717, 1.165) is 0 Å². The van der Waals surface area contributed by atoms with E-state index in [9.17, 15) is 4.79 Å². The van der Waals surface area contributed by atoms with Gasteiger partial charge in [-0.15, -0.1) is 0 Å². The van der Waals surface area contributed by atoms with Gasteiger partial charge in [0.1, 0.15) is 0 Å². The molecular weight excluding hydrogens is 192 g/mol. The molecule has 0 radical (unpaired) electrons. The highest BCUT2D eigenvalue weighted by Crippen LogP contribution is 2.18. The highest BCUT2D eigenvalue weighted by atomic mass is 35.5. The van der Waals surface area contributed by atoms with Crippen LogP contribution in [0.2, 0.25) is 5.02 Å². The van der Waals surface area contributed by atoms with Gasteiger partial charge in [0.05, 0.1) is 10.7 Å². The molecule has 0 aliphatic carbocycles. The molecule has 1 aromatic rings. The Morgan fingerprint density at radius 1 is 1.46 bits per heavy atom. The van der Waals surface area contributed by atoms with Crippen molar-refractivity contribution in [2.24, 2.45) is 0 Å². The minimum Gasteiger partial charge on any atom is -0.423 e. The van der Waals surface area contributed by atoms with E-state index in [2.05, 4.69) is 5.32 Å². The maximum Gasteiger partial charge on any atom is 0.488 e. The van der Waals surface area contributed by atoms with E-state index in [0.29, 0.717) is 17.1 Å². The summed E-state index contributed by atoms with van der Waals surface area (Å²) >= 11 is 5.70. The number of anilines is 1. The molecule has 0 heterocycles. The molecule has 6 heteroatoms. The third-order valence-corrected chi connectivity index (χ3v) is 1.83. The smallest absolute Gasteiger partial charge is 0.423 e. The van der Waals surface area contributed by atoms with Gasteiger partial charge in [0.15, 0.2) is 0 Å². The number of halogens is 1. The summed E-state index contributed by atoms with van der Waals surface area (Å²) in [6, 6.07) is 4.33. The zero-order valence-corrected chi connectivity index (χ0v) is 7.32. The molecule has 0 aliphatic rings. The van der Waals surface area contributed by atoms with E-state index >= 15 is 0 Å². The summed E-state index contributed by atoms with van der Waals surface area (Å²) in [4.78, 5) is 10.1.